The molecular weight excluding hydrogens is 274 g/mol. The number of rotatable bonds is 9. The molecule has 0 heterocycles. The summed E-state index contributed by atoms with van der Waals surface area (Å²) in [5, 5.41) is 3.18. The first kappa shape index (κ1) is 17.9. The number of ether oxygens (including phenoxy) is 1. The van der Waals surface area contributed by atoms with E-state index in [0.29, 0.717) is 18.9 Å². The van der Waals surface area contributed by atoms with Crippen molar-refractivity contribution in [1.29, 1.82) is 0 Å². The van der Waals surface area contributed by atoms with Crippen LogP contribution in [-0.4, -0.2) is 45.7 Å². The Morgan fingerprint density at radius 1 is 1.25 bits per heavy atom. The highest BCUT2D eigenvalue weighted by molar-refractivity contribution is 7.92. The SMILES string of the molecule is CCCC1CCC(NCC)C(S(=O)(=O)CCCOC)C1. The Hall–Kier alpha value is -0.130. The van der Waals surface area contributed by atoms with Gasteiger partial charge in [0.25, 0.3) is 0 Å². The molecule has 1 fully saturated rings. The zero-order valence-corrected chi connectivity index (χ0v) is 14.0. The molecule has 1 aliphatic carbocycles. The first-order valence-corrected chi connectivity index (χ1v) is 9.70. The monoisotopic (exact) mass is 305 g/mol. The van der Waals surface area contributed by atoms with E-state index in [4.69, 9.17) is 4.74 Å². The number of sulfone groups is 1. The minimum atomic E-state index is -3.02. The zero-order valence-electron chi connectivity index (χ0n) is 13.2. The molecule has 0 aromatic carbocycles. The van der Waals surface area contributed by atoms with Gasteiger partial charge >= 0.3 is 0 Å². The molecule has 1 aliphatic rings. The molecule has 0 aromatic heterocycles. The van der Waals surface area contributed by atoms with Gasteiger partial charge in [-0.25, -0.2) is 8.42 Å². The predicted molar refractivity (Wildman–Crippen MR) is 83.8 cm³/mol. The van der Waals surface area contributed by atoms with Gasteiger partial charge in [0.1, 0.15) is 0 Å². The van der Waals surface area contributed by atoms with Crippen LogP contribution in [0.3, 0.4) is 0 Å². The molecule has 0 bridgehead atoms. The largest absolute Gasteiger partial charge is 0.385 e. The van der Waals surface area contributed by atoms with Crippen molar-refractivity contribution >= 4 is 9.84 Å². The number of hydrogen-bond acceptors (Lipinski definition) is 4. The van der Waals surface area contributed by atoms with Crippen LogP contribution in [0.5, 0.6) is 0 Å². The molecule has 0 saturated heterocycles. The van der Waals surface area contributed by atoms with Gasteiger partial charge in [-0.2, -0.15) is 0 Å². The van der Waals surface area contributed by atoms with Crippen LogP contribution in [0.25, 0.3) is 0 Å². The maximum Gasteiger partial charge on any atom is 0.154 e. The minimum absolute atomic E-state index is 0.139. The third-order valence-electron chi connectivity index (χ3n) is 4.30. The van der Waals surface area contributed by atoms with Gasteiger partial charge in [-0.05, 0) is 38.1 Å². The quantitative estimate of drug-likeness (QED) is 0.665. The summed E-state index contributed by atoms with van der Waals surface area (Å²) in [5.41, 5.74) is 0. The standard InChI is InChI=1S/C15H31NO3S/c1-4-7-13-8-9-14(16-5-2)15(12-13)20(17,18)11-6-10-19-3/h13-16H,4-12H2,1-3H3. The topological polar surface area (TPSA) is 55.4 Å². The van der Waals surface area contributed by atoms with E-state index < -0.39 is 9.84 Å². The Balaban J connectivity index is 2.71. The summed E-state index contributed by atoms with van der Waals surface area (Å²) in [4.78, 5) is 0. The van der Waals surface area contributed by atoms with Crippen molar-refractivity contribution in [2.75, 3.05) is 26.0 Å². The van der Waals surface area contributed by atoms with E-state index in [-0.39, 0.29) is 17.0 Å². The number of nitrogens with one attached hydrogen (secondary N) is 1. The molecule has 0 amide bonds. The highest BCUT2D eigenvalue weighted by atomic mass is 32.2. The van der Waals surface area contributed by atoms with E-state index in [9.17, 15) is 8.42 Å². The van der Waals surface area contributed by atoms with Crippen LogP contribution in [0, 0.1) is 5.92 Å². The average molecular weight is 305 g/mol. The fourth-order valence-electron chi connectivity index (χ4n) is 3.33. The van der Waals surface area contributed by atoms with E-state index in [1.807, 2.05) is 6.92 Å². The van der Waals surface area contributed by atoms with Gasteiger partial charge in [-0.15, -0.1) is 0 Å². The molecule has 1 N–H and O–H groups in total. The van der Waals surface area contributed by atoms with Crippen LogP contribution >= 0.6 is 0 Å². The van der Waals surface area contributed by atoms with Crippen LogP contribution in [0.4, 0.5) is 0 Å². The van der Waals surface area contributed by atoms with E-state index >= 15 is 0 Å². The Labute approximate surface area is 124 Å². The third kappa shape index (κ3) is 5.34. The van der Waals surface area contributed by atoms with Gasteiger partial charge in [-0.3, -0.25) is 0 Å². The van der Waals surface area contributed by atoms with E-state index in [0.717, 1.165) is 38.6 Å². The first-order valence-electron chi connectivity index (χ1n) is 7.99. The van der Waals surface area contributed by atoms with Crippen molar-refractivity contribution in [3.8, 4) is 0 Å². The Kier molecular flexibility index (Phi) is 8.07. The van der Waals surface area contributed by atoms with Crippen LogP contribution < -0.4 is 5.32 Å². The van der Waals surface area contributed by atoms with Crippen molar-refractivity contribution < 1.29 is 13.2 Å². The normalized spacial score (nSPS) is 27.6. The molecule has 0 radical (unpaired) electrons. The highest BCUT2D eigenvalue weighted by Crippen LogP contribution is 2.32. The number of methoxy groups -OCH3 is 1. The minimum Gasteiger partial charge on any atom is -0.385 e. The molecule has 3 atom stereocenters. The molecule has 1 saturated carbocycles. The summed E-state index contributed by atoms with van der Waals surface area (Å²) in [6, 6.07) is 0.139. The average Bonchev–Trinajstić information content (AvgIpc) is 2.41. The molecule has 120 valence electrons. The van der Waals surface area contributed by atoms with E-state index in [1.165, 1.54) is 0 Å². The molecule has 0 aliphatic heterocycles. The maximum absolute atomic E-state index is 12.6. The Bertz CT molecular complexity index is 356. The molecular formula is C15H31NO3S. The summed E-state index contributed by atoms with van der Waals surface area (Å²) in [6.07, 6.45) is 5.89. The molecule has 4 nitrogen and oxygen atoms in total. The maximum atomic E-state index is 12.6. The summed E-state index contributed by atoms with van der Waals surface area (Å²) in [6.45, 7) is 5.59. The summed E-state index contributed by atoms with van der Waals surface area (Å²) >= 11 is 0. The van der Waals surface area contributed by atoms with Crippen LogP contribution in [0.15, 0.2) is 0 Å². The van der Waals surface area contributed by atoms with Gasteiger partial charge in [0.2, 0.25) is 0 Å². The zero-order chi connectivity index (χ0) is 15.0. The predicted octanol–water partition coefficient (Wildman–Crippen LogP) is 2.38. The highest BCUT2D eigenvalue weighted by Gasteiger charge is 2.37. The Morgan fingerprint density at radius 3 is 2.60 bits per heavy atom. The molecule has 20 heavy (non-hydrogen) atoms. The lowest BCUT2D eigenvalue weighted by Gasteiger charge is -2.36. The lowest BCUT2D eigenvalue weighted by atomic mass is 9.83. The van der Waals surface area contributed by atoms with Crippen molar-refractivity contribution in [2.24, 2.45) is 5.92 Å². The lowest BCUT2D eigenvalue weighted by Crippen LogP contribution is -2.48. The summed E-state index contributed by atoms with van der Waals surface area (Å²) < 4.78 is 30.2. The lowest BCUT2D eigenvalue weighted by molar-refractivity contribution is 0.199. The van der Waals surface area contributed by atoms with E-state index in [1.54, 1.807) is 7.11 Å². The van der Waals surface area contributed by atoms with Gasteiger partial charge < -0.3 is 10.1 Å². The fourth-order valence-corrected chi connectivity index (χ4v) is 5.45. The van der Waals surface area contributed by atoms with Crippen molar-refractivity contribution in [3.05, 3.63) is 0 Å². The van der Waals surface area contributed by atoms with Crippen molar-refractivity contribution in [2.45, 2.75) is 63.7 Å². The molecule has 5 heteroatoms. The van der Waals surface area contributed by atoms with Gasteiger partial charge in [-0.1, -0.05) is 26.7 Å². The Morgan fingerprint density at radius 2 is 2.00 bits per heavy atom. The van der Waals surface area contributed by atoms with Gasteiger partial charge in [0, 0.05) is 19.8 Å². The van der Waals surface area contributed by atoms with Gasteiger partial charge in [0.15, 0.2) is 9.84 Å². The molecule has 1 rings (SSSR count). The second-order valence-electron chi connectivity index (χ2n) is 5.88. The van der Waals surface area contributed by atoms with Crippen molar-refractivity contribution in [1.82, 2.24) is 5.32 Å². The first-order chi connectivity index (χ1) is 9.55. The van der Waals surface area contributed by atoms with Gasteiger partial charge in [0.05, 0.1) is 11.0 Å². The smallest absolute Gasteiger partial charge is 0.154 e. The van der Waals surface area contributed by atoms with Crippen LogP contribution in [0.1, 0.15) is 52.4 Å². The molecule has 0 spiro atoms. The second kappa shape index (κ2) is 9.00. The number of hydrogen-bond donors (Lipinski definition) is 1. The van der Waals surface area contributed by atoms with E-state index in [2.05, 4.69) is 12.2 Å². The van der Waals surface area contributed by atoms with Crippen LogP contribution in [-0.2, 0) is 14.6 Å². The third-order valence-corrected chi connectivity index (χ3v) is 6.60. The summed E-state index contributed by atoms with van der Waals surface area (Å²) in [5.74, 6) is 0.837. The second-order valence-corrected chi connectivity index (χ2v) is 8.22. The summed E-state index contributed by atoms with van der Waals surface area (Å²) in [7, 11) is -1.40. The molecule has 0 aromatic rings. The van der Waals surface area contributed by atoms with Crippen LogP contribution in [0.2, 0.25) is 0 Å². The fraction of sp³-hybridized carbons (Fsp3) is 1.00. The van der Waals surface area contributed by atoms with Crippen molar-refractivity contribution in [3.63, 3.8) is 0 Å². The molecule has 3 unspecified atom stereocenters.